The Morgan fingerprint density at radius 3 is 2.45 bits per heavy atom. The first-order valence-electron chi connectivity index (χ1n) is 10.4. The lowest BCUT2D eigenvalue weighted by Crippen LogP contribution is -2.44. The topological polar surface area (TPSA) is 61.4 Å². The van der Waals surface area contributed by atoms with Crippen molar-refractivity contribution in [3.63, 3.8) is 0 Å². The van der Waals surface area contributed by atoms with Crippen molar-refractivity contribution < 1.29 is 22.8 Å². The number of fused-ring (bicyclic) bond motifs is 1. The Labute approximate surface area is 178 Å². The Bertz CT molecular complexity index is 965. The molecule has 0 saturated carbocycles. The summed E-state index contributed by atoms with van der Waals surface area (Å²) in [7, 11) is 0. The Hall–Kier alpha value is -2.87. The molecule has 2 heterocycles. The van der Waals surface area contributed by atoms with Crippen LogP contribution in [0.3, 0.4) is 0 Å². The maximum atomic E-state index is 12.7. The molecule has 2 aliphatic heterocycles. The largest absolute Gasteiger partial charge is 0.416 e. The number of anilines is 1. The second-order valence-corrected chi connectivity index (χ2v) is 8.14. The highest BCUT2D eigenvalue weighted by Gasteiger charge is 2.30. The third-order valence-electron chi connectivity index (χ3n) is 5.87. The fraction of sp³-hybridized carbons (Fsp3) is 0.391. The first-order chi connectivity index (χ1) is 14.8. The van der Waals surface area contributed by atoms with Crippen LogP contribution in [0.4, 0.5) is 18.9 Å². The van der Waals surface area contributed by atoms with Gasteiger partial charge in [0.1, 0.15) is 0 Å². The van der Waals surface area contributed by atoms with Crippen molar-refractivity contribution in [1.29, 1.82) is 0 Å². The molecule has 0 aliphatic carbocycles. The van der Waals surface area contributed by atoms with Gasteiger partial charge >= 0.3 is 6.18 Å². The van der Waals surface area contributed by atoms with E-state index in [2.05, 4.69) is 27.7 Å². The van der Waals surface area contributed by atoms with Crippen LogP contribution in [0, 0.1) is 0 Å². The van der Waals surface area contributed by atoms with Crippen molar-refractivity contribution in [3.05, 3.63) is 64.7 Å². The molecule has 5 nitrogen and oxygen atoms in total. The molecule has 0 radical (unpaired) electrons. The highest BCUT2D eigenvalue weighted by atomic mass is 19.4. The monoisotopic (exact) mass is 431 g/mol. The van der Waals surface area contributed by atoms with Crippen molar-refractivity contribution >= 4 is 17.5 Å². The Kier molecular flexibility index (Phi) is 6.00. The molecule has 2 aromatic carbocycles. The summed E-state index contributed by atoms with van der Waals surface area (Å²) in [4.78, 5) is 26.3. The van der Waals surface area contributed by atoms with Gasteiger partial charge in [0.15, 0.2) is 0 Å². The lowest BCUT2D eigenvalue weighted by molar-refractivity contribution is -0.137. The lowest BCUT2D eigenvalue weighted by atomic mass is 9.99. The number of hydrogen-bond donors (Lipinski definition) is 2. The molecule has 2 amide bonds. The number of piperidine rings is 1. The molecule has 0 spiro atoms. The van der Waals surface area contributed by atoms with E-state index in [1.165, 1.54) is 12.1 Å². The third-order valence-corrected chi connectivity index (χ3v) is 5.87. The van der Waals surface area contributed by atoms with Crippen molar-refractivity contribution in [1.82, 2.24) is 10.2 Å². The first-order valence-corrected chi connectivity index (χ1v) is 10.4. The van der Waals surface area contributed by atoms with E-state index in [4.69, 9.17) is 0 Å². The zero-order valence-corrected chi connectivity index (χ0v) is 17.0. The van der Waals surface area contributed by atoms with Gasteiger partial charge in [0, 0.05) is 43.3 Å². The van der Waals surface area contributed by atoms with E-state index < -0.39 is 11.7 Å². The van der Waals surface area contributed by atoms with Gasteiger partial charge in [-0.1, -0.05) is 12.1 Å². The summed E-state index contributed by atoms with van der Waals surface area (Å²) in [6.07, 6.45) is -1.57. The average molecular weight is 431 g/mol. The maximum Gasteiger partial charge on any atom is 0.416 e. The van der Waals surface area contributed by atoms with Crippen LogP contribution in [0.25, 0.3) is 0 Å². The van der Waals surface area contributed by atoms with Gasteiger partial charge in [0.2, 0.25) is 5.91 Å². The van der Waals surface area contributed by atoms with Crippen LogP contribution in [-0.2, 0) is 23.9 Å². The molecular formula is C23H24F3N3O2. The number of alkyl halides is 3. The van der Waals surface area contributed by atoms with Crippen LogP contribution in [0.1, 0.15) is 46.3 Å². The van der Waals surface area contributed by atoms with Crippen molar-refractivity contribution in [2.75, 3.05) is 18.4 Å². The Morgan fingerprint density at radius 1 is 1.06 bits per heavy atom. The highest BCUT2D eigenvalue weighted by Crippen LogP contribution is 2.29. The van der Waals surface area contributed by atoms with Crippen LogP contribution in [0.5, 0.6) is 0 Å². The quantitative estimate of drug-likeness (QED) is 0.770. The second kappa shape index (κ2) is 8.70. The fourth-order valence-electron chi connectivity index (χ4n) is 4.09. The Balaban J connectivity index is 1.27. The van der Waals surface area contributed by atoms with Gasteiger partial charge in [-0.05, 0) is 60.7 Å². The lowest BCUT2D eigenvalue weighted by Gasteiger charge is -2.32. The minimum atomic E-state index is -4.41. The molecule has 8 heteroatoms. The van der Waals surface area contributed by atoms with E-state index >= 15 is 0 Å². The number of nitrogens with one attached hydrogen (secondary N) is 2. The number of carbonyl (C=O) groups is 2. The van der Waals surface area contributed by atoms with E-state index in [1.54, 1.807) is 0 Å². The summed E-state index contributed by atoms with van der Waals surface area (Å²) in [5, 5.41) is 5.86. The van der Waals surface area contributed by atoms with Crippen LogP contribution < -0.4 is 10.6 Å². The fourth-order valence-corrected chi connectivity index (χ4v) is 4.09. The molecule has 1 fully saturated rings. The molecule has 0 bridgehead atoms. The van der Waals surface area contributed by atoms with Gasteiger partial charge in [-0.2, -0.15) is 13.2 Å². The first kappa shape index (κ1) is 21.4. The maximum absolute atomic E-state index is 12.7. The SMILES string of the molecule is O=C1CCc2ccc(CN3CCC(NC(=O)c4ccc(C(F)(F)F)cc4)CC3)cc2N1. The van der Waals surface area contributed by atoms with Crippen molar-refractivity contribution in [2.45, 2.75) is 44.4 Å². The molecule has 0 aromatic heterocycles. The standard InChI is InChI=1S/C23H24F3N3O2/c24-23(25,26)18-6-3-17(4-7-18)22(31)27-19-9-11-29(12-10-19)14-15-1-2-16-5-8-21(30)28-20(16)13-15/h1-4,6-7,13,19H,5,8-12,14H2,(H,27,31)(H,28,30). The van der Waals surface area contributed by atoms with Crippen LogP contribution in [0.2, 0.25) is 0 Å². The second-order valence-electron chi connectivity index (χ2n) is 8.14. The van der Waals surface area contributed by atoms with Gasteiger partial charge in [0.05, 0.1) is 5.56 Å². The number of amides is 2. The van der Waals surface area contributed by atoms with Gasteiger partial charge < -0.3 is 10.6 Å². The zero-order valence-electron chi connectivity index (χ0n) is 17.0. The summed E-state index contributed by atoms with van der Waals surface area (Å²) >= 11 is 0. The molecule has 2 aromatic rings. The van der Waals surface area contributed by atoms with E-state index in [1.807, 2.05) is 6.07 Å². The smallest absolute Gasteiger partial charge is 0.349 e. The van der Waals surface area contributed by atoms with Crippen LogP contribution in [0.15, 0.2) is 42.5 Å². The summed E-state index contributed by atoms with van der Waals surface area (Å²) in [5.74, 6) is -0.299. The van der Waals surface area contributed by atoms with E-state index in [0.717, 1.165) is 67.8 Å². The minimum absolute atomic E-state index is 0.00568. The van der Waals surface area contributed by atoms with E-state index in [9.17, 15) is 22.8 Å². The number of hydrogen-bond acceptors (Lipinski definition) is 3. The van der Waals surface area contributed by atoms with E-state index in [-0.39, 0.29) is 23.4 Å². The summed E-state index contributed by atoms with van der Waals surface area (Å²) in [5.41, 5.74) is 2.65. The number of halogens is 3. The van der Waals surface area contributed by atoms with Gasteiger partial charge in [-0.15, -0.1) is 0 Å². The molecule has 31 heavy (non-hydrogen) atoms. The summed E-state index contributed by atoms with van der Waals surface area (Å²) in [6.45, 7) is 2.38. The van der Waals surface area contributed by atoms with Crippen LogP contribution >= 0.6 is 0 Å². The number of rotatable bonds is 4. The minimum Gasteiger partial charge on any atom is -0.349 e. The zero-order chi connectivity index (χ0) is 22.0. The number of nitrogens with zero attached hydrogens (tertiary/aromatic N) is 1. The predicted octanol–water partition coefficient (Wildman–Crippen LogP) is 3.98. The molecule has 2 N–H and O–H groups in total. The van der Waals surface area contributed by atoms with Gasteiger partial charge in [0.25, 0.3) is 5.91 Å². The summed E-state index contributed by atoms with van der Waals surface area (Å²) < 4.78 is 38.0. The van der Waals surface area contributed by atoms with Gasteiger partial charge in [-0.3, -0.25) is 14.5 Å². The number of likely N-dealkylation sites (tertiary alicyclic amines) is 1. The third kappa shape index (κ3) is 5.25. The van der Waals surface area contributed by atoms with Gasteiger partial charge in [-0.25, -0.2) is 0 Å². The average Bonchev–Trinajstić information content (AvgIpc) is 2.74. The number of benzene rings is 2. The normalized spacial score (nSPS) is 17.7. The summed E-state index contributed by atoms with van der Waals surface area (Å²) in [6, 6.07) is 10.5. The predicted molar refractivity (Wildman–Crippen MR) is 111 cm³/mol. The molecule has 0 atom stereocenters. The molecule has 164 valence electrons. The number of carbonyl (C=O) groups excluding carboxylic acids is 2. The highest BCUT2D eigenvalue weighted by molar-refractivity contribution is 5.94. The molecule has 4 rings (SSSR count). The van der Waals surface area contributed by atoms with Crippen LogP contribution in [-0.4, -0.2) is 35.8 Å². The molecule has 0 unspecified atom stereocenters. The molecule has 2 aliphatic rings. The molecular weight excluding hydrogens is 407 g/mol. The number of aryl methyl sites for hydroxylation is 1. The molecule has 1 saturated heterocycles. The van der Waals surface area contributed by atoms with Crippen molar-refractivity contribution in [3.8, 4) is 0 Å². The Morgan fingerprint density at radius 2 is 1.77 bits per heavy atom. The van der Waals surface area contributed by atoms with E-state index in [0.29, 0.717) is 6.42 Å². The van der Waals surface area contributed by atoms with Crippen molar-refractivity contribution in [2.24, 2.45) is 0 Å².